The molecule has 0 unspecified atom stereocenters. The van der Waals surface area contributed by atoms with Gasteiger partial charge in [0.1, 0.15) is 11.6 Å². The third kappa shape index (κ3) is 6.21. The van der Waals surface area contributed by atoms with E-state index >= 15 is 0 Å². The summed E-state index contributed by atoms with van der Waals surface area (Å²) in [6.07, 6.45) is 5.24. The van der Waals surface area contributed by atoms with Gasteiger partial charge in [-0.15, -0.1) is 0 Å². The van der Waals surface area contributed by atoms with Crippen LogP contribution in [0, 0.1) is 11.6 Å². The highest BCUT2D eigenvalue weighted by atomic mass is 19.1. The van der Waals surface area contributed by atoms with E-state index in [0.29, 0.717) is 13.1 Å². The molecule has 0 spiro atoms. The van der Waals surface area contributed by atoms with E-state index in [-0.39, 0.29) is 34.3 Å². The number of nitrogens with zero attached hydrogens (tertiary/aromatic N) is 4. The van der Waals surface area contributed by atoms with Crippen LogP contribution in [0.5, 0.6) is 0 Å². The van der Waals surface area contributed by atoms with Crippen LogP contribution in [0.1, 0.15) is 51.7 Å². The highest BCUT2D eigenvalue weighted by Gasteiger charge is 2.46. The van der Waals surface area contributed by atoms with Crippen molar-refractivity contribution in [3.8, 4) is 0 Å². The summed E-state index contributed by atoms with van der Waals surface area (Å²) in [5.74, 6) is -1.20. The number of rotatable bonds is 10. The van der Waals surface area contributed by atoms with Crippen LogP contribution in [0.2, 0.25) is 0 Å². The van der Waals surface area contributed by atoms with Crippen molar-refractivity contribution in [2.45, 2.75) is 51.4 Å². The van der Waals surface area contributed by atoms with Crippen LogP contribution in [0.15, 0.2) is 71.2 Å². The Labute approximate surface area is 273 Å². The second-order valence-corrected chi connectivity index (χ2v) is 16.2. The van der Waals surface area contributed by atoms with E-state index in [1.54, 1.807) is 36.4 Å². The van der Waals surface area contributed by atoms with Crippen LogP contribution >= 0.6 is 0 Å². The molecular weight excluding hydrogens is 582 g/mol. The molecule has 2 aromatic carbocycles. The number of allylic oxidation sites excluding steroid dienone is 5. The molecule has 3 aliphatic rings. The van der Waals surface area contributed by atoms with Crippen molar-refractivity contribution in [3.63, 3.8) is 0 Å². The van der Waals surface area contributed by atoms with Gasteiger partial charge in [-0.1, -0.05) is 19.6 Å². The normalized spacial score (nSPS) is 20.6. The number of hydrogen-bond donors (Lipinski definition) is 0. The molecule has 0 saturated heterocycles. The Balaban J connectivity index is 1.55. The summed E-state index contributed by atoms with van der Waals surface area (Å²) in [5.41, 5.74) is 4.25. The standard InChI is InChI=1S/C38H50F2N4O2/c1-37(2)29-21-25(39)13-15-31(29)41(17-11-19-43(5,6)7)33(37)23-27-35(45)28(36(27)46)24-34-38(3,4)30-22-26(40)14-16-32(30)42(34)18-12-20-44(8,9)10/h13-16,21-24H,11-12,17-20H2,1-10H3/q+2. The quantitative estimate of drug-likeness (QED) is 0.202. The number of Topliss-reactive ketones (excluding diaryl/α,β-unsaturated/α-hetero) is 1. The van der Waals surface area contributed by atoms with Crippen LogP contribution in [0.25, 0.3) is 0 Å². The molecule has 8 heteroatoms. The van der Waals surface area contributed by atoms with E-state index < -0.39 is 10.8 Å². The van der Waals surface area contributed by atoms with Gasteiger partial charge in [-0.3, -0.25) is 4.79 Å². The highest BCUT2D eigenvalue weighted by molar-refractivity contribution is 6.24. The first-order chi connectivity index (χ1) is 21.2. The number of anilines is 1. The molecule has 0 bridgehead atoms. The molecule has 2 aliphatic heterocycles. The average Bonchev–Trinajstić information content (AvgIpc) is 3.26. The van der Waals surface area contributed by atoms with E-state index in [4.69, 9.17) is 0 Å². The zero-order valence-corrected chi connectivity index (χ0v) is 29.2. The van der Waals surface area contributed by atoms with Gasteiger partial charge < -0.3 is 19.0 Å². The van der Waals surface area contributed by atoms with E-state index in [9.17, 15) is 18.7 Å². The molecule has 2 aromatic rings. The van der Waals surface area contributed by atoms with Crippen molar-refractivity contribution in [2.75, 3.05) is 73.4 Å². The Morgan fingerprint density at radius 3 is 2.02 bits per heavy atom. The van der Waals surface area contributed by atoms with Gasteiger partial charge in [0.2, 0.25) is 5.69 Å². The molecule has 5 rings (SSSR count). The van der Waals surface area contributed by atoms with Crippen LogP contribution < -0.4 is 10.0 Å². The third-order valence-electron chi connectivity index (χ3n) is 9.67. The van der Waals surface area contributed by atoms with Crippen molar-refractivity contribution in [1.29, 1.82) is 0 Å². The molecule has 0 amide bonds. The van der Waals surface area contributed by atoms with E-state index in [1.165, 1.54) is 12.1 Å². The van der Waals surface area contributed by atoms with Crippen molar-refractivity contribution >= 4 is 22.9 Å². The number of halogens is 2. The lowest BCUT2D eigenvalue weighted by atomic mass is 9.77. The fourth-order valence-corrected chi connectivity index (χ4v) is 7.07. The molecule has 0 saturated carbocycles. The number of carbonyl (C=O) groups is 1. The predicted octanol–water partition coefficient (Wildman–Crippen LogP) is 5.34. The Morgan fingerprint density at radius 1 is 0.826 bits per heavy atom. The number of carbonyl (C=O) groups excluding carboxylic acids is 1. The maximum absolute atomic E-state index is 14.4. The fraction of sp³-hybridized carbons (Fsp3) is 0.474. The van der Waals surface area contributed by atoms with E-state index in [2.05, 4.69) is 51.8 Å². The molecule has 6 nitrogen and oxygen atoms in total. The zero-order valence-electron chi connectivity index (χ0n) is 29.2. The van der Waals surface area contributed by atoms with Gasteiger partial charge in [-0.25, -0.2) is 8.78 Å². The number of fused-ring (bicyclic) bond motifs is 2. The smallest absolute Gasteiger partial charge is 0.209 e. The van der Waals surface area contributed by atoms with Crippen LogP contribution in [-0.2, 0) is 15.6 Å². The number of benzene rings is 2. The second kappa shape index (κ2) is 11.6. The lowest BCUT2D eigenvalue weighted by molar-refractivity contribution is -0.871. The number of hydrogen-bond acceptors (Lipinski definition) is 3. The maximum atomic E-state index is 14.4. The minimum Gasteiger partial charge on any atom is -0.871 e. The van der Waals surface area contributed by atoms with Crippen molar-refractivity contribution in [3.05, 3.63) is 93.9 Å². The van der Waals surface area contributed by atoms with Gasteiger partial charge in [0.05, 0.1) is 67.2 Å². The Hall–Kier alpha value is -3.62. The van der Waals surface area contributed by atoms with Gasteiger partial charge in [0.15, 0.2) is 18.0 Å². The van der Waals surface area contributed by atoms with Crippen LogP contribution in [0.3, 0.4) is 0 Å². The molecule has 1 aliphatic carbocycles. The first-order valence-corrected chi connectivity index (χ1v) is 16.3. The van der Waals surface area contributed by atoms with E-state index in [0.717, 1.165) is 68.8 Å². The monoisotopic (exact) mass is 632 g/mol. The fourth-order valence-electron chi connectivity index (χ4n) is 7.07. The predicted molar refractivity (Wildman–Crippen MR) is 179 cm³/mol. The summed E-state index contributed by atoms with van der Waals surface area (Å²) < 4.78 is 32.6. The summed E-state index contributed by atoms with van der Waals surface area (Å²) in [6.45, 7) is 11.3. The van der Waals surface area contributed by atoms with Gasteiger partial charge in [-0.2, -0.15) is 4.58 Å². The van der Waals surface area contributed by atoms with Crippen molar-refractivity contribution in [2.24, 2.45) is 0 Å². The molecular formula is C38H50F2N4O2+2. The van der Waals surface area contributed by atoms with Crippen LogP contribution in [-0.4, -0.2) is 93.5 Å². The molecule has 46 heavy (non-hydrogen) atoms. The lowest BCUT2D eigenvalue weighted by Crippen LogP contribution is -2.38. The molecule has 0 N–H and O–H groups in total. The topological polar surface area (TPSA) is 46.4 Å². The first-order valence-electron chi connectivity index (χ1n) is 16.3. The minimum absolute atomic E-state index is 0.149. The summed E-state index contributed by atoms with van der Waals surface area (Å²) in [6, 6.07) is 9.66. The highest BCUT2D eigenvalue weighted by Crippen LogP contribution is 2.49. The van der Waals surface area contributed by atoms with Gasteiger partial charge in [0, 0.05) is 58.6 Å². The molecule has 0 radical (unpaired) electrons. The zero-order chi connectivity index (χ0) is 34.0. The summed E-state index contributed by atoms with van der Waals surface area (Å²) in [7, 11) is 12.9. The Kier molecular flexibility index (Phi) is 8.48. The minimum atomic E-state index is -0.600. The molecule has 0 fully saturated rings. The first kappa shape index (κ1) is 33.7. The Morgan fingerprint density at radius 2 is 1.41 bits per heavy atom. The van der Waals surface area contributed by atoms with Crippen LogP contribution in [0.4, 0.5) is 20.2 Å². The average molecular weight is 633 g/mol. The van der Waals surface area contributed by atoms with E-state index in [1.807, 2.05) is 27.7 Å². The second-order valence-electron chi connectivity index (χ2n) is 16.2. The summed E-state index contributed by atoms with van der Waals surface area (Å²) in [5, 5.41) is 13.8. The van der Waals surface area contributed by atoms with Gasteiger partial charge >= 0.3 is 0 Å². The molecule has 2 heterocycles. The molecule has 0 atom stereocenters. The number of ketones is 1. The SMILES string of the molecule is CC1(C)C(/C=C2\C(=O)C(/C=C3\N(CCC[N+](C)(C)C)c4ccc(F)cc4C3(C)C)=C2[O-])=[N+](CCC[N+](C)(C)C)c2ccc(F)cc21. The van der Waals surface area contributed by atoms with Crippen molar-refractivity contribution in [1.82, 2.24) is 0 Å². The molecule has 246 valence electrons. The van der Waals surface area contributed by atoms with Gasteiger partial charge in [0.25, 0.3) is 0 Å². The maximum Gasteiger partial charge on any atom is 0.209 e. The molecule has 0 aromatic heterocycles. The lowest BCUT2D eigenvalue weighted by Gasteiger charge is -2.33. The summed E-state index contributed by atoms with van der Waals surface area (Å²) >= 11 is 0. The number of quaternary nitrogens is 2. The van der Waals surface area contributed by atoms with Crippen molar-refractivity contribution < 1.29 is 32.2 Å². The largest absolute Gasteiger partial charge is 0.871 e. The van der Waals surface area contributed by atoms with Gasteiger partial charge in [-0.05, 0) is 55.8 Å². The third-order valence-corrected chi connectivity index (χ3v) is 9.67. The Bertz CT molecular complexity index is 1710. The summed E-state index contributed by atoms with van der Waals surface area (Å²) in [4.78, 5) is 15.9.